The summed E-state index contributed by atoms with van der Waals surface area (Å²) in [6.45, 7) is 6.01. The monoisotopic (exact) mass is 414 g/mol. The number of rotatable bonds is 8. The second kappa shape index (κ2) is 10.3. The summed E-state index contributed by atoms with van der Waals surface area (Å²) in [5, 5.41) is 2.93. The lowest BCUT2D eigenvalue weighted by atomic mass is 9.99. The predicted octanol–water partition coefficient (Wildman–Crippen LogP) is 4.62. The first kappa shape index (κ1) is 21.1. The van der Waals surface area contributed by atoms with Gasteiger partial charge in [0.25, 0.3) is 5.91 Å². The zero-order valence-electron chi connectivity index (χ0n) is 18.1. The van der Waals surface area contributed by atoms with E-state index in [0.717, 1.165) is 38.2 Å². The number of nitrogens with zero attached hydrogens (tertiary/aromatic N) is 1. The topological polar surface area (TPSA) is 41.6 Å². The normalized spacial score (nSPS) is 13.5. The van der Waals surface area contributed by atoms with Crippen LogP contribution in [0.15, 0.2) is 72.8 Å². The third-order valence-corrected chi connectivity index (χ3v) is 5.82. The minimum atomic E-state index is -0.0663. The molecule has 0 unspecified atom stereocenters. The van der Waals surface area contributed by atoms with Crippen LogP contribution < -0.4 is 10.1 Å². The van der Waals surface area contributed by atoms with Crippen LogP contribution in [0.2, 0.25) is 0 Å². The minimum absolute atomic E-state index is 0.0663. The van der Waals surface area contributed by atoms with Gasteiger partial charge in [-0.05, 0) is 59.4 Å². The lowest BCUT2D eigenvalue weighted by Gasteiger charge is -2.28. The smallest absolute Gasteiger partial charge is 0.251 e. The van der Waals surface area contributed by atoms with E-state index in [1.165, 1.54) is 22.3 Å². The summed E-state index contributed by atoms with van der Waals surface area (Å²) in [7, 11) is 0. The Balaban J connectivity index is 1.22. The van der Waals surface area contributed by atoms with Gasteiger partial charge in [-0.1, -0.05) is 55.5 Å². The van der Waals surface area contributed by atoms with Gasteiger partial charge in [0.05, 0.1) is 6.54 Å². The number of aryl methyl sites for hydroxylation is 1. The van der Waals surface area contributed by atoms with E-state index in [-0.39, 0.29) is 5.91 Å². The number of benzene rings is 3. The second-order valence-electron chi connectivity index (χ2n) is 8.03. The van der Waals surface area contributed by atoms with E-state index in [2.05, 4.69) is 65.7 Å². The zero-order chi connectivity index (χ0) is 21.5. The highest BCUT2D eigenvalue weighted by Crippen LogP contribution is 2.20. The predicted molar refractivity (Wildman–Crippen MR) is 124 cm³/mol. The molecule has 4 nitrogen and oxygen atoms in total. The van der Waals surface area contributed by atoms with Gasteiger partial charge in [0, 0.05) is 25.2 Å². The molecule has 0 fully saturated rings. The standard InChI is InChI=1S/C27H30N2O2/c1-2-21-9-13-26(14-10-21)31-18-16-28-27(30)24-11-7-22(8-12-24)19-29-17-15-23-5-3-4-6-25(23)20-29/h3-14H,2,15-20H2,1H3,(H,28,30). The summed E-state index contributed by atoms with van der Waals surface area (Å²) >= 11 is 0. The maximum Gasteiger partial charge on any atom is 0.251 e. The van der Waals surface area contributed by atoms with Crippen LogP contribution in [0.1, 0.15) is 39.5 Å². The number of carbonyl (C=O) groups excluding carboxylic acids is 1. The molecule has 0 aliphatic carbocycles. The fourth-order valence-corrected chi connectivity index (χ4v) is 3.97. The molecule has 0 atom stereocenters. The van der Waals surface area contributed by atoms with Gasteiger partial charge in [0.2, 0.25) is 0 Å². The fourth-order valence-electron chi connectivity index (χ4n) is 3.97. The van der Waals surface area contributed by atoms with E-state index in [9.17, 15) is 4.79 Å². The van der Waals surface area contributed by atoms with E-state index >= 15 is 0 Å². The molecule has 3 aromatic rings. The molecule has 1 amide bonds. The van der Waals surface area contributed by atoms with E-state index in [1.807, 2.05) is 24.3 Å². The van der Waals surface area contributed by atoms with Crippen molar-refractivity contribution < 1.29 is 9.53 Å². The summed E-state index contributed by atoms with van der Waals surface area (Å²) in [6, 6.07) is 24.7. The SMILES string of the molecule is CCc1ccc(OCCNC(=O)c2ccc(CN3CCc4ccccc4C3)cc2)cc1. The number of nitrogens with one attached hydrogen (secondary N) is 1. The van der Waals surface area contributed by atoms with Crippen molar-refractivity contribution in [3.05, 3.63) is 101 Å². The van der Waals surface area contributed by atoms with E-state index in [1.54, 1.807) is 0 Å². The van der Waals surface area contributed by atoms with Gasteiger partial charge in [-0.15, -0.1) is 0 Å². The highest BCUT2D eigenvalue weighted by molar-refractivity contribution is 5.94. The van der Waals surface area contributed by atoms with Crippen molar-refractivity contribution >= 4 is 5.91 Å². The summed E-state index contributed by atoms with van der Waals surface area (Å²) in [5.74, 6) is 0.763. The van der Waals surface area contributed by atoms with Crippen molar-refractivity contribution in [3.63, 3.8) is 0 Å². The number of carbonyl (C=O) groups is 1. The second-order valence-corrected chi connectivity index (χ2v) is 8.03. The van der Waals surface area contributed by atoms with Crippen LogP contribution in [0.25, 0.3) is 0 Å². The Morgan fingerprint density at radius 3 is 2.39 bits per heavy atom. The summed E-state index contributed by atoms with van der Waals surface area (Å²) in [6.07, 6.45) is 2.11. The van der Waals surface area contributed by atoms with Gasteiger partial charge in [-0.3, -0.25) is 9.69 Å². The summed E-state index contributed by atoms with van der Waals surface area (Å²) in [4.78, 5) is 14.9. The largest absolute Gasteiger partial charge is 0.492 e. The molecule has 31 heavy (non-hydrogen) atoms. The number of hydrogen-bond acceptors (Lipinski definition) is 3. The van der Waals surface area contributed by atoms with E-state index in [4.69, 9.17) is 4.74 Å². The first-order chi connectivity index (χ1) is 15.2. The Morgan fingerprint density at radius 2 is 1.65 bits per heavy atom. The molecule has 1 aliphatic rings. The third kappa shape index (κ3) is 5.74. The Bertz CT molecular complexity index is 997. The molecule has 1 aliphatic heterocycles. The minimum Gasteiger partial charge on any atom is -0.492 e. The molecule has 0 aromatic heterocycles. The third-order valence-electron chi connectivity index (χ3n) is 5.82. The molecule has 4 rings (SSSR count). The molecule has 4 heteroatoms. The molecule has 0 radical (unpaired) electrons. The van der Waals surface area contributed by atoms with Crippen LogP contribution in [0, 0.1) is 0 Å². The van der Waals surface area contributed by atoms with Crippen molar-refractivity contribution in [2.24, 2.45) is 0 Å². The Labute approximate surface area is 184 Å². The van der Waals surface area contributed by atoms with Crippen molar-refractivity contribution in [1.29, 1.82) is 0 Å². The lowest BCUT2D eigenvalue weighted by Crippen LogP contribution is -2.30. The molecule has 1 heterocycles. The highest BCUT2D eigenvalue weighted by atomic mass is 16.5. The van der Waals surface area contributed by atoms with E-state index < -0.39 is 0 Å². The number of ether oxygens (including phenoxy) is 1. The van der Waals surface area contributed by atoms with Gasteiger partial charge in [0.1, 0.15) is 12.4 Å². The van der Waals surface area contributed by atoms with Crippen LogP contribution >= 0.6 is 0 Å². The molecule has 1 N–H and O–H groups in total. The van der Waals surface area contributed by atoms with Crippen molar-refractivity contribution in [2.75, 3.05) is 19.7 Å². The number of fused-ring (bicyclic) bond motifs is 1. The quantitative estimate of drug-likeness (QED) is 0.547. The van der Waals surface area contributed by atoms with Crippen LogP contribution in [-0.2, 0) is 25.9 Å². The Morgan fingerprint density at radius 1 is 0.935 bits per heavy atom. The molecular weight excluding hydrogens is 384 g/mol. The number of amides is 1. The van der Waals surface area contributed by atoms with Crippen LogP contribution in [-0.4, -0.2) is 30.5 Å². The van der Waals surface area contributed by atoms with Gasteiger partial charge in [0.15, 0.2) is 0 Å². The van der Waals surface area contributed by atoms with Crippen LogP contribution in [0.3, 0.4) is 0 Å². The molecule has 0 spiro atoms. The average molecular weight is 415 g/mol. The highest BCUT2D eigenvalue weighted by Gasteiger charge is 2.16. The first-order valence-corrected chi connectivity index (χ1v) is 11.1. The van der Waals surface area contributed by atoms with Crippen molar-refractivity contribution in [1.82, 2.24) is 10.2 Å². The molecule has 3 aromatic carbocycles. The van der Waals surface area contributed by atoms with Crippen LogP contribution in [0.5, 0.6) is 5.75 Å². The van der Waals surface area contributed by atoms with Gasteiger partial charge >= 0.3 is 0 Å². The lowest BCUT2D eigenvalue weighted by molar-refractivity contribution is 0.0947. The zero-order valence-corrected chi connectivity index (χ0v) is 18.1. The Hall–Kier alpha value is -3.11. The molecular formula is C27H30N2O2. The van der Waals surface area contributed by atoms with Gasteiger partial charge < -0.3 is 10.1 Å². The summed E-state index contributed by atoms with van der Waals surface area (Å²) < 4.78 is 5.70. The maximum atomic E-state index is 12.4. The molecule has 0 saturated heterocycles. The molecule has 0 saturated carbocycles. The maximum absolute atomic E-state index is 12.4. The summed E-state index contributed by atoms with van der Waals surface area (Å²) in [5.41, 5.74) is 6.09. The fraction of sp³-hybridized carbons (Fsp3) is 0.296. The van der Waals surface area contributed by atoms with Gasteiger partial charge in [-0.25, -0.2) is 0 Å². The molecule has 160 valence electrons. The van der Waals surface area contributed by atoms with E-state index in [0.29, 0.717) is 18.7 Å². The average Bonchev–Trinajstić information content (AvgIpc) is 2.82. The van der Waals surface area contributed by atoms with Crippen molar-refractivity contribution in [3.8, 4) is 5.75 Å². The van der Waals surface area contributed by atoms with Gasteiger partial charge in [-0.2, -0.15) is 0 Å². The Kier molecular flexibility index (Phi) is 7.00. The first-order valence-electron chi connectivity index (χ1n) is 11.1. The van der Waals surface area contributed by atoms with Crippen LogP contribution in [0.4, 0.5) is 0 Å². The van der Waals surface area contributed by atoms with Crippen molar-refractivity contribution in [2.45, 2.75) is 32.9 Å². The molecule has 0 bridgehead atoms. The number of hydrogen-bond donors (Lipinski definition) is 1.